The monoisotopic (exact) mass is 464 g/mol. The molecule has 1 atom stereocenters. The zero-order chi connectivity index (χ0) is 24.4. The molecule has 3 nitrogen and oxygen atoms in total. The Balaban J connectivity index is 1.77. The molecule has 0 saturated heterocycles. The van der Waals surface area contributed by atoms with Crippen LogP contribution in [0.25, 0.3) is 6.08 Å². The maximum atomic E-state index is 13.1. The van der Waals surface area contributed by atoms with Gasteiger partial charge in [-0.3, -0.25) is 4.79 Å². The Morgan fingerprint density at radius 3 is 2.03 bits per heavy atom. The van der Waals surface area contributed by atoms with E-state index in [0.29, 0.717) is 5.75 Å². The highest BCUT2D eigenvalue weighted by molar-refractivity contribution is 5.98. The molecule has 0 radical (unpaired) electrons. The van der Waals surface area contributed by atoms with Crippen LogP contribution in [0.5, 0.6) is 11.5 Å². The van der Waals surface area contributed by atoms with E-state index in [9.17, 15) is 9.90 Å². The smallest absolute Gasteiger partial charge is 0.163 e. The number of rotatable bonds is 18. The van der Waals surface area contributed by atoms with E-state index < -0.39 is 0 Å². The molecule has 1 N–H and O–H groups in total. The van der Waals surface area contributed by atoms with E-state index >= 15 is 0 Å². The molecule has 0 amide bonds. The van der Waals surface area contributed by atoms with E-state index in [2.05, 4.69) is 19.1 Å². The van der Waals surface area contributed by atoms with Crippen molar-refractivity contribution >= 4 is 11.9 Å². The second-order valence-electron chi connectivity index (χ2n) is 9.31. The third-order valence-electron chi connectivity index (χ3n) is 6.54. The van der Waals surface area contributed by atoms with E-state index in [1.807, 2.05) is 24.3 Å². The molecule has 2 rings (SSSR count). The maximum Gasteiger partial charge on any atom is 0.163 e. The van der Waals surface area contributed by atoms with Crippen LogP contribution in [-0.4, -0.2) is 18.0 Å². The fourth-order valence-corrected chi connectivity index (χ4v) is 4.44. The van der Waals surface area contributed by atoms with Gasteiger partial charge in [-0.2, -0.15) is 0 Å². The van der Waals surface area contributed by atoms with Gasteiger partial charge >= 0.3 is 0 Å². The molecule has 2 aromatic rings. The molecular formula is C31H44O3. The van der Waals surface area contributed by atoms with Crippen molar-refractivity contribution in [1.82, 2.24) is 0 Å². The predicted octanol–water partition coefficient (Wildman–Crippen LogP) is 8.86. The van der Waals surface area contributed by atoms with Crippen molar-refractivity contribution < 1.29 is 14.6 Å². The Kier molecular flexibility index (Phi) is 13.8. The lowest BCUT2D eigenvalue weighted by atomic mass is 9.89. The summed E-state index contributed by atoms with van der Waals surface area (Å²) in [4.78, 5) is 13.1. The van der Waals surface area contributed by atoms with Crippen molar-refractivity contribution in [2.24, 2.45) is 0 Å². The number of benzene rings is 2. The fraction of sp³-hybridized carbons (Fsp3) is 0.516. The number of ketones is 1. The van der Waals surface area contributed by atoms with E-state index in [4.69, 9.17) is 4.74 Å². The van der Waals surface area contributed by atoms with Crippen LogP contribution in [0, 0.1) is 0 Å². The van der Waals surface area contributed by atoms with Crippen LogP contribution in [0.15, 0.2) is 54.6 Å². The number of methoxy groups -OCH3 is 1. The minimum absolute atomic E-state index is 0.0973. The Labute approximate surface area is 207 Å². The average Bonchev–Trinajstić information content (AvgIpc) is 2.86. The molecule has 34 heavy (non-hydrogen) atoms. The van der Waals surface area contributed by atoms with Gasteiger partial charge in [0.15, 0.2) is 17.3 Å². The predicted molar refractivity (Wildman–Crippen MR) is 144 cm³/mol. The molecule has 0 aliphatic carbocycles. The van der Waals surface area contributed by atoms with Crippen LogP contribution < -0.4 is 4.74 Å². The summed E-state index contributed by atoms with van der Waals surface area (Å²) < 4.78 is 5.17. The summed E-state index contributed by atoms with van der Waals surface area (Å²) in [6.45, 7) is 2.27. The quantitative estimate of drug-likeness (QED) is 0.177. The Morgan fingerprint density at radius 1 is 0.853 bits per heavy atom. The average molecular weight is 465 g/mol. The molecule has 3 heteroatoms. The number of carbonyl (C=O) groups excluding carboxylic acids is 1. The summed E-state index contributed by atoms with van der Waals surface area (Å²) in [6, 6.07) is 15.2. The molecule has 0 aromatic heterocycles. The van der Waals surface area contributed by atoms with Crippen molar-refractivity contribution in [3.05, 3.63) is 65.7 Å². The normalized spacial score (nSPS) is 12.2. The van der Waals surface area contributed by atoms with Gasteiger partial charge in [-0.1, -0.05) is 126 Å². The number of hydrogen-bond acceptors (Lipinski definition) is 3. The number of hydrogen-bond donors (Lipinski definition) is 1. The van der Waals surface area contributed by atoms with Gasteiger partial charge in [-0.25, -0.2) is 0 Å². The zero-order valence-electron chi connectivity index (χ0n) is 21.3. The minimum Gasteiger partial charge on any atom is -0.504 e. The standard InChI is InChI=1S/C31H44O3/c1-3-4-5-6-7-8-9-10-11-12-13-17-20-28(27-18-15-14-16-19-27)29(32)23-21-26-22-24-30(33)31(25-26)34-2/h14-16,18-19,21-25,28,33H,3-13,17,20H2,1-2H3/b23-21+. The first kappa shape index (κ1) is 27.7. The first-order valence-electron chi connectivity index (χ1n) is 13.3. The van der Waals surface area contributed by atoms with Gasteiger partial charge in [0, 0.05) is 5.92 Å². The van der Waals surface area contributed by atoms with E-state index in [1.165, 1.54) is 77.7 Å². The van der Waals surface area contributed by atoms with Crippen LogP contribution in [-0.2, 0) is 4.79 Å². The molecule has 0 aliphatic heterocycles. The maximum absolute atomic E-state index is 13.1. The van der Waals surface area contributed by atoms with Gasteiger partial charge in [0.25, 0.3) is 0 Å². The molecule has 0 aliphatic rings. The van der Waals surface area contributed by atoms with Gasteiger partial charge in [0.05, 0.1) is 7.11 Å². The number of phenols is 1. The van der Waals surface area contributed by atoms with Gasteiger partial charge in [-0.15, -0.1) is 0 Å². The van der Waals surface area contributed by atoms with Crippen molar-refractivity contribution in [2.45, 2.75) is 96.3 Å². The summed E-state index contributed by atoms with van der Waals surface area (Å²) in [5.74, 6) is 0.520. The lowest BCUT2D eigenvalue weighted by Crippen LogP contribution is -2.10. The number of unbranched alkanes of at least 4 members (excludes halogenated alkanes) is 11. The van der Waals surface area contributed by atoms with Gasteiger partial charge < -0.3 is 9.84 Å². The Hall–Kier alpha value is -2.55. The van der Waals surface area contributed by atoms with Crippen molar-refractivity contribution in [2.75, 3.05) is 7.11 Å². The van der Waals surface area contributed by atoms with Crippen LogP contribution in [0.3, 0.4) is 0 Å². The van der Waals surface area contributed by atoms with Crippen LogP contribution in [0.2, 0.25) is 0 Å². The summed E-state index contributed by atoms with van der Waals surface area (Å²) >= 11 is 0. The second kappa shape index (κ2) is 17.0. The second-order valence-corrected chi connectivity index (χ2v) is 9.31. The fourth-order valence-electron chi connectivity index (χ4n) is 4.44. The number of ether oxygens (including phenoxy) is 1. The lowest BCUT2D eigenvalue weighted by Gasteiger charge is -2.14. The summed E-state index contributed by atoms with van der Waals surface area (Å²) in [5, 5.41) is 9.77. The number of allylic oxidation sites excluding steroid dienone is 1. The SMILES string of the molecule is CCCCCCCCCCCCCCC(C(=O)/C=C/c1ccc(O)c(OC)c1)c1ccccc1. The number of aromatic hydroxyl groups is 1. The molecular weight excluding hydrogens is 420 g/mol. The van der Waals surface area contributed by atoms with Crippen LogP contribution in [0.4, 0.5) is 0 Å². The Morgan fingerprint density at radius 2 is 1.44 bits per heavy atom. The number of phenolic OH excluding ortho intramolecular Hbond substituents is 1. The van der Waals surface area contributed by atoms with Gasteiger partial charge in [-0.05, 0) is 35.8 Å². The highest BCUT2D eigenvalue weighted by Crippen LogP contribution is 2.28. The molecule has 1 unspecified atom stereocenters. The first-order chi connectivity index (χ1) is 16.7. The highest BCUT2D eigenvalue weighted by Gasteiger charge is 2.17. The summed E-state index contributed by atoms with van der Waals surface area (Å²) in [5.41, 5.74) is 1.92. The van der Waals surface area contributed by atoms with E-state index in [0.717, 1.165) is 24.0 Å². The van der Waals surface area contributed by atoms with Crippen molar-refractivity contribution in [3.8, 4) is 11.5 Å². The molecule has 0 saturated carbocycles. The first-order valence-corrected chi connectivity index (χ1v) is 13.3. The van der Waals surface area contributed by atoms with E-state index in [1.54, 1.807) is 24.3 Å². The summed E-state index contributed by atoms with van der Waals surface area (Å²) in [7, 11) is 1.52. The third kappa shape index (κ3) is 10.6. The zero-order valence-corrected chi connectivity index (χ0v) is 21.3. The topological polar surface area (TPSA) is 46.5 Å². The molecule has 0 spiro atoms. The largest absolute Gasteiger partial charge is 0.504 e. The highest BCUT2D eigenvalue weighted by atomic mass is 16.5. The lowest BCUT2D eigenvalue weighted by molar-refractivity contribution is -0.116. The van der Waals surface area contributed by atoms with Gasteiger partial charge in [0.1, 0.15) is 0 Å². The summed E-state index contributed by atoms with van der Waals surface area (Å²) in [6.07, 6.45) is 20.2. The van der Waals surface area contributed by atoms with Crippen molar-refractivity contribution in [1.29, 1.82) is 0 Å². The Bertz CT molecular complexity index is 841. The van der Waals surface area contributed by atoms with E-state index in [-0.39, 0.29) is 17.5 Å². The molecule has 186 valence electrons. The molecule has 0 bridgehead atoms. The minimum atomic E-state index is -0.111. The molecule has 0 fully saturated rings. The van der Waals surface area contributed by atoms with Crippen LogP contribution in [0.1, 0.15) is 107 Å². The van der Waals surface area contributed by atoms with Gasteiger partial charge in [0.2, 0.25) is 0 Å². The molecule has 2 aromatic carbocycles. The van der Waals surface area contributed by atoms with Crippen LogP contribution >= 0.6 is 0 Å². The number of carbonyl (C=O) groups is 1. The third-order valence-corrected chi connectivity index (χ3v) is 6.54. The van der Waals surface area contributed by atoms with Crippen molar-refractivity contribution in [3.63, 3.8) is 0 Å². The molecule has 0 heterocycles.